The van der Waals surface area contributed by atoms with Crippen LogP contribution < -0.4 is 15.2 Å². The normalized spacial score (nSPS) is 10.5. The summed E-state index contributed by atoms with van der Waals surface area (Å²) in [5.41, 5.74) is 6.25. The van der Waals surface area contributed by atoms with Crippen LogP contribution in [0.4, 0.5) is 0 Å². The van der Waals surface area contributed by atoms with Crippen molar-refractivity contribution in [2.45, 2.75) is 11.4 Å². The average Bonchev–Trinajstić information content (AvgIpc) is 2.94. The van der Waals surface area contributed by atoms with Crippen molar-refractivity contribution >= 4 is 11.8 Å². The Balaban J connectivity index is 2.51. The number of benzene rings is 1. The van der Waals surface area contributed by atoms with Gasteiger partial charge in [0.15, 0.2) is 11.5 Å². The Morgan fingerprint density at radius 2 is 2.11 bits per heavy atom. The first kappa shape index (κ1) is 13.7. The van der Waals surface area contributed by atoms with E-state index in [0.717, 1.165) is 10.5 Å². The van der Waals surface area contributed by atoms with E-state index in [2.05, 4.69) is 10.1 Å². The Bertz CT molecular complexity index is 546. The van der Waals surface area contributed by atoms with Crippen molar-refractivity contribution in [2.24, 2.45) is 5.73 Å². The van der Waals surface area contributed by atoms with Gasteiger partial charge in [-0.05, 0) is 18.4 Å². The van der Waals surface area contributed by atoms with Crippen LogP contribution in [0.3, 0.4) is 0 Å². The van der Waals surface area contributed by atoms with Crippen LogP contribution in [-0.4, -0.2) is 30.6 Å². The van der Waals surface area contributed by atoms with Crippen molar-refractivity contribution in [3.63, 3.8) is 0 Å². The standard InChI is InChI=1S/C12H15N3O3S/c1-16-8-4-7(5-9(19-3)11(8)17-2)12-14-10(6-13)18-15-12/h4-5H,6,13H2,1-3H3. The molecule has 0 aliphatic rings. The lowest BCUT2D eigenvalue weighted by atomic mass is 10.2. The molecule has 0 radical (unpaired) electrons. The van der Waals surface area contributed by atoms with E-state index < -0.39 is 0 Å². The minimum absolute atomic E-state index is 0.218. The molecule has 1 aromatic heterocycles. The largest absolute Gasteiger partial charge is 0.493 e. The zero-order valence-electron chi connectivity index (χ0n) is 11.0. The molecular formula is C12H15N3O3S. The second kappa shape index (κ2) is 5.94. The number of aromatic nitrogens is 2. The fraction of sp³-hybridized carbons (Fsp3) is 0.333. The van der Waals surface area contributed by atoms with Gasteiger partial charge in [0.2, 0.25) is 11.7 Å². The van der Waals surface area contributed by atoms with Crippen LogP contribution in [0.1, 0.15) is 5.89 Å². The molecule has 2 rings (SSSR count). The molecule has 0 saturated carbocycles. The molecule has 0 atom stereocenters. The molecule has 7 heteroatoms. The van der Waals surface area contributed by atoms with Gasteiger partial charge in [-0.25, -0.2) is 0 Å². The van der Waals surface area contributed by atoms with E-state index in [1.807, 2.05) is 18.4 Å². The Morgan fingerprint density at radius 1 is 1.32 bits per heavy atom. The lowest BCUT2D eigenvalue weighted by Gasteiger charge is -2.12. The molecule has 102 valence electrons. The zero-order chi connectivity index (χ0) is 13.8. The monoisotopic (exact) mass is 281 g/mol. The number of ether oxygens (including phenoxy) is 2. The highest BCUT2D eigenvalue weighted by molar-refractivity contribution is 7.98. The topological polar surface area (TPSA) is 83.4 Å². The van der Waals surface area contributed by atoms with Crippen molar-refractivity contribution in [3.8, 4) is 22.9 Å². The van der Waals surface area contributed by atoms with Crippen molar-refractivity contribution in [3.05, 3.63) is 18.0 Å². The van der Waals surface area contributed by atoms with E-state index in [1.54, 1.807) is 26.0 Å². The molecule has 6 nitrogen and oxygen atoms in total. The fourth-order valence-corrected chi connectivity index (χ4v) is 2.28. The minimum atomic E-state index is 0.218. The Kier molecular flexibility index (Phi) is 4.28. The van der Waals surface area contributed by atoms with Crippen LogP contribution in [0.2, 0.25) is 0 Å². The predicted molar refractivity (Wildman–Crippen MR) is 72.5 cm³/mol. The summed E-state index contributed by atoms with van der Waals surface area (Å²) in [6.07, 6.45) is 1.96. The lowest BCUT2D eigenvalue weighted by Crippen LogP contribution is -1.96. The number of hydrogen-bond acceptors (Lipinski definition) is 7. The number of hydrogen-bond donors (Lipinski definition) is 1. The first-order valence-electron chi connectivity index (χ1n) is 5.56. The van der Waals surface area contributed by atoms with Crippen molar-refractivity contribution in [2.75, 3.05) is 20.5 Å². The van der Waals surface area contributed by atoms with Gasteiger partial charge in [-0.3, -0.25) is 0 Å². The maximum Gasteiger partial charge on any atom is 0.240 e. The first-order chi connectivity index (χ1) is 9.23. The third kappa shape index (κ3) is 2.66. The summed E-state index contributed by atoms with van der Waals surface area (Å²) in [4.78, 5) is 5.14. The van der Waals surface area contributed by atoms with E-state index in [0.29, 0.717) is 23.2 Å². The summed E-state index contributed by atoms with van der Waals surface area (Å²) in [6.45, 7) is 0.218. The molecular weight excluding hydrogens is 266 g/mol. The van der Waals surface area contributed by atoms with Gasteiger partial charge < -0.3 is 19.7 Å². The van der Waals surface area contributed by atoms with Crippen molar-refractivity contribution < 1.29 is 14.0 Å². The molecule has 0 bridgehead atoms. The molecule has 0 fully saturated rings. The van der Waals surface area contributed by atoms with Gasteiger partial charge in [-0.1, -0.05) is 5.16 Å². The van der Waals surface area contributed by atoms with E-state index in [-0.39, 0.29) is 6.54 Å². The number of methoxy groups -OCH3 is 2. The zero-order valence-corrected chi connectivity index (χ0v) is 11.8. The maximum atomic E-state index is 5.45. The number of nitrogens with zero attached hydrogens (tertiary/aromatic N) is 2. The molecule has 19 heavy (non-hydrogen) atoms. The van der Waals surface area contributed by atoms with Gasteiger partial charge in [-0.2, -0.15) is 4.98 Å². The van der Waals surface area contributed by atoms with Gasteiger partial charge >= 0.3 is 0 Å². The summed E-state index contributed by atoms with van der Waals surface area (Å²) in [5, 5.41) is 3.89. The van der Waals surface area contributed by atoms with Gasteiger partial charge in [0.1, 0.15) is 0 Å². The third-order valence-corrected chi connectivity index (χ3v) is 3.31. The lowest BCUT2D eigenvalue weighted by molar-refractivity contribution is 0.348. The van der Waals surface area contributed by atoms with E-state index >= 15 is 0 Å². The SMILES string of the molecule is COc1cc(-c2noc(CN)n2)cc(SC)c1OC. The molecule has 1 heterocycles. The highest BCUT2D eigenvalue weighted by Gasteiger charge is 2.15. The second-order valence-electron chi connectivity index (χ2n) is 3.63. The molecule has 0 unspecified atom stereocenters. The van der Waals surface area contributed by atoms with E-state index in [1.165, 1.54) is 0 Å². The van der Waals surface area contributed by atoms with Crippen molar-refractivity contribution in [1.82, 2.24) is 10.1 Å². The van der Waals surface area contributed by atoms with Gasteiger partial charge in [0, 0.05) is 5.56 Å². The van der Waals surface area contributed by atoms with Gasteiger partial charge in [-0.15, -0.1) is 11.8 Å². The molecule has 2 N–H and O–H groups in total. The maximum absolute atomic E-state index is 5.45. The average molecular weight is 281 g/mol. The Labute approximate surface area is 115 Å². The molecule has 2 aromatic rings. The second-order valence-corrected chi connectivity index (χ2v) is 4.48. The predicted octanol–water partition coefficient (Wildman–Crippen LogP) is 1.93. The van der Waals surface area contributed by atoms with Crippen LogP contribution in [-0.2, 0) is 6.54 Å². The van der Waals surface area contributed by atoms with Crippen molar-refractivity contribution in [1.29, 1.82) is 0 Å². The van der Waals surface area contributed by atoms with Crippen LogP contribution in [0, 0.1) is 0 Å². The van der Waals surface area contributed by atoms with E-state index in [4.69, 9.17) is 19.7 Å². The highest BCUT2D eigenvalue weighted by atomic mass is 32.2. The third-order valence-electron chi connectivity index (χ3n) is 2.57. The fourth-order valence-electron chi connectivity index (χ4n) is 1.67. The summed E-state index contributed by atoms with van der Waals surface area (Å²) in [7, 11) is 3.20. The van der Waals surface area contributed by atoms with Crippen LogP contribution in [0.15, 0.2) is 21.6 Å². The molecule has 0 aliphatic carbocycles. The molecule has 0 aliphatic heterocycles. The quantitative estimate of drug-likeness (QED) is 0.838. The van der Waals surface area contributed by atoms with Crippen LogP contribution >= 0.6 is 11.8 Å². The highest BCUT2D eigenvalue weighted by Crippen LogP contribution is 2.40. The van der Waals surface area contributed by atoms with Crippen LogP contribution in [0.5, 0.6) is 11.5 Å². The van der Waals surface area contributed by atoms with Gasteiger partial charge in [0.05, 0.1) is 25.7 Å². The first-order valence-corrected chi connectivity index (χ1v) is 6.79. The molecule has 0 saturated heterocycles. The summed E-state index contributed by atoms with van der Waals surface area (Å²) >= 11 is 1.56. The molecule has 1 aromatic carbocycles. The summed E-state index contributed by atoms with van der Waals surface area (Å²) in [5.74, 6) is 2.21. The van der Waals surface area contributed by atoms with Crippen LogP contribution in [0.25, 0.3) is 11.4 Å². The molecule has 0 amide bonds. The smallest absolute Gasteiger partial charge is 0.240 e. The number of rotatable bonds is 5. The summed E-state index contributed by atoms with van der Waals surface area (Å²) in [6, 6.07) is 3.74. The Morgan fingerprint density at radius 3 is 2.63 bits per heavy atom. The number of nitrogens with two attached hydrogens (primary N) is 1. The summed E-state index contributed by atoms with van der Waals surface area (Å²) < 4.78 is 15.7. The minimum Gasteiger partial charge on any atom is -0.493 e. The molecule has 0 spiro atoms. The Hall–Kier alpha value is -1.73. The number of thioether (sulfide) groups is 1. The van der Waals surface area contributed by atoms with Gasteiger partial charge in [0.25, 0.3) is 0 Å². The van der Waals surface area contributed by atoms with E-state index in [9.17, 15) is 0 Å².